The zero-order valence-electron chi connectivity index (χ0n) is 10.7. The monoisotopic (exact) mass is 228 g/mol. The number of aromatic nitrogens is 1. The molecule has 1 atom stereocenters. The highest BCUT2D eigenvalue weighted by Crippen LogP contribution is 2.28. The molecular weight excluding hydrogens is 208 g/mol. The summed E-state index contributed by atoms with van der Waals surface area (Å²) in [5.41, 5.74) is 4.27. The van der Waals surface area contributed by atoms with E-state index in [9.17, 15) is 0 Å². The molecule has 3 rings (SSSR count). The molecular formula is C15H20N2. The lowest BCUT2D eigenvalue weighted by Gasteiger charge is -2.31. The van der Waals surface area contributed by atoms with Gasteiger partial charge in [0.05, 0.1) is 0 Å². The van der Waals surface area contributed by atoms with Crippen LogP contribution in [0.25, 0.3) is 10.9 Å². The predicted octanol–water partition coefficient (Wildman–Crippen LogP) is 3.32. The first-order valence-electron chi connectivity index (χ1n) is 6.62. The second kappa shape index (κ2) is 4.19. The minimum absolute atomic E-state index is 0.689. The summed E-state index contributed by atoms with van der Waals surface area (Å²) in [4.78, 5) is 6.16. The fourth-order valence-electron chi connectivity index (χ4n) is 2.85. The molecule has 1 unspecified atom stereocenters. The van der Waals surface area contributed by atoms with E-state index >= 15 is 0 Å². The third kappa shape index (κ3) is 1.77. The lowest BCUT2D eigenvalue weighted by molar-refractivity contribution is 0.185. The van der Waals surface area contributed by atoms with E-state index in [0.717, 1.165) is 6.54 Å². The highest BCUT2D eigenvalue weighted by Gasteiger charge is 2.22. The van der Waals surface area contributed by atoms with Crippen molar-refractivity contribution in [3.8, 4) is 0 Å². The van der Waals surface area contributed by atoms with Crippen LogP contribution in [0.5, 0.6) is 0 Å². The van der Waals surface area contributed by atoms with Crippen LogP contribution in [0.15, 0.2) is 24.3 Å². The topological polar surface area (TPSA) is 19.0 Å². The van der Waals surface area contributed by atoms with Crippen molar-refractivity contribution in [3.63, 3.8) is 0 Å². The standard InChI is InChI=1S/C15H20N2/c1-3-11(2)17-9-8-13-12-6-4-5-7-14(12)16-15(13)10-17/h4-7,11,16H,3,8-10H2,1-2H3. The number of H-pyrrole nitrogens is 1. The van der Waals surface area contributed by atoms with E-state index in [1.807, 2.05) is 0 Å². The van der Waals surface area contributed by atoms with Gasteiger partial charge in [-0.25, -0.2) is 0 Å². The van der Waals surface area contributed by atoms with Crippen LogP contribution < -0.4 is 0 Å². The van der Waals surface area contributed by atoms with Crippen molar-refractivity contribution in [3.05, 3.63) is 35.5 Å². The first-order valence-corrected chi connectivity index (χ1v) is 6.62. The maximum atomic E-state index is 3.58. The fourth-order valence-corrected chi connectivity index (χ4v) is 2.85. The number of hydrogen-bond acceptors (Lipinski definition) is 1. The van der Waals surface area contributed by atoms with E-state index in [-0.39, 0.29) is 0 Å². The molecule has 2 heterocycles. The second-order valence-electron chi connectivity index (χ2n) is 5.11. The van der Waals surface area contributed by atoms with Crippen LogP contribution in [0.2, 0.25) is 0 Å². The summed E-state index contributed by atoms with van der Waals surface area (Å²) in [5.74, 6) is 0. The molecule has 0 aliphatic carbocycles. The predicted molar refractivity (Wildman–Crippen MR) is 72.2 cm³/mol. The SMILES string of the molecule is CCC(C)N1CCc2c([nH]c3ccccc23)C1. The Morgan fingerprint density at radius 2 is 2.18 bits per heavy atom. The molecule has 0 radical (unpaired) electrons. The van der Waals surface area contributed by atoms with E-state index in [1.165, 1.54) is 36.0 Å². The minimum atomic E-state index is 0.689. The smallest absolute Gasteiger partial charge is 0.0459 e. The van der Waals surface area contributed by atoms with Gasteiger partial charge in [0.2, 0.25) is 0 Å². The Balaban J connectivity index is 1.98. The van der Waals surface area contributed by atoms with E-state index in [0.29, 0.717) is 6.04 Å². The van der Waals surface area contributed by atoms with Crippen molar-refractivity contribution in [1.29, 1.82) is 0 Å². The molecule has 1 aliphatic rings. The summed E-state index contributed by atoms with van der Waals surface area (Å²) < 4.78 is 0. The zero-order valence-corrected chi connectivity index (χ0v) is 10.7. The molecule has 0 saturated heterocycles. The molecule has 2 aromatic rings. The molecule has 0 amide bonds. The lowest BCUT2D eigenvalue weighted by Crippen LogP contribution is -2.37. The van der Waals surface area contributed by atoms with Gasteiger partial charge in [-0.1, -0.05) is 25.1 Å². The Hall–Kier alpha value is -1.28. The first-order chi connectivity index (χ1) is 8.29. The molecule has 2 heteroatoms. The van der Waals surface area contributed by atoms with E-state index in [1.54, 1.807) is 5.56 Å². The summed E-state index contributed by atoms with van der Waals surface area (Å²) >= 11 is 0. The summed E-state index contributed by atoms with van der Waals surface area (Å²) in [6.45, 7) is 6.88. The van der Waals surface area contributed by atoms with Gasteiger partial charge in [-0.3, -0.25) is 4.90 Å². The Bertz CT molecular complexity index is 527. The Morgan fingerprint density at radius 3 is 3.00 bits per heavy atom. The van der Waals surface area contributed by atoms with Gasteiger partial charge in [-0.05, 0) is 31.4 Å². The number of hydrogen-bond donors (Lipinski definition) is 1. The number of aromatic amines is 1. The molecule has 0 fully saturated rings. The maximum Gasteiger partial charge on any atom is 0.0459 e. The number of rotatable bonds is 2. The number of para-hydroxylation sites is 1. The van der Waals surface area contributed by atoms with Crippen molar-refractivity contribution in [2.24, 2.45) is 0 Å². The molecule has 17 heavy (non-hydrogen) atoms. The van der Waals surface area contributed by atoms with Gasteiger partial charge in [0.1, 0.15) is 0 Å². The molecule has 1 aliphatic heterocycles. The highest BCUT2D eigenvalue weighted by atomic mass is 15.2. The molecule has 2 nitrogen and oxygen atoms in total. The average molecular weight is 228 g/mol. The summed E-state index contributed by atoms with van der Waals surface area (Å²) in [6, 6.07) is 9.36. The van der Waals surface area contributed by atoms with E-state index < -0.39 is 0 Å². The normalized spacial score (nSPS) is 18.2. The second-order valence-corrected chi connectivity index (χ2v) is 5.11. The average Bonchev–Trinajstić information content (AvgIpc) is 2.75. The van der Waals surface area contributed by atoms with Gasteiger partial charge in [-0.15, -0.1) is 0 Å². The highest BCUT2D eigenvalue weighted by molar-refractivity contribution is 5.84. The largest absolute Gasteiger partial charge is 0.357 e. The van der Waals surface area contributed by atoms with Crippen LogP contribution in [-0.2, 0) is 13.0 Å². The third-order valence-electron chi connectivity index (χ3n) is 4.13. The summed E-state index contributed by atoms with van der Waals surface area (Å²) in [6.07, 6.45) is 2.42. The fraction of sp³-hybridized carbons (Fsp3) is 0.467. The lowest BCUT2D eigenvalue weighted by atomic mass is 10.0. The third-order valence-corrected chi connectivity index (χ3v) is 4.13. The van der Waals surface area contributed by atoms with Crippen molar-refractivity contribution in [2.45, 2.75) is 39.3 Å². The molecule has 0 spiro atoms. The van der Waals surface area contributed by atoms with E-state index in [4.69, 9.17) is 0 Å². The number of benzene rings is 1. The molecule has 90 valence electrons. The Morgan fingerprint density at radius 1 is 1.35 bits per heavy atom. The van der Waals surface area contributed by atoms with Crippen LogP contribution in [-0.4, -0.2) is 22.5 Å². The molecule has 1 N–H and O–H groups in total. The van der Waals surface area contributed by atoms with Crippen LogP contribution in [0.3, 0.4) is 0 Å². The van der Waals surface area contributed by atoms with E-state index in [2.05, 4.69) is 48.0 Å². The Kier molecular flexibility index (Phi) is 2.67. The van der Waals surface area contributed by atoms with Gasteiger partial charge >= 0.3 is 0 Å². The molecule has 0 saturated carbocycles. The summed E-state index contributed by atoms with van der Waals surface area (Å²) in [5, 5.41) is 1.42. The van der Waals surface area contributed by atoms with Crippen LogP contribution in [0.1, 0.15) is 31.5 Å². The van der Waals surface area contributed by atoms with Crippen molar-refractivity contribution >= 4 is 10.9 Å². The van der Waals surface area contributed by atoms with Crippen molar-refractivity contribution in [2.75, 3.05) is 6.54 Å². The van der Waals surface area contributed by atoms with Gasteiger partial charge < -0.3 is 4.98 Å². The van der Waals surface area contributed by atoms with Crippen molar-refractivity contribution < 1.29 is 0 Å². The van der Waals surface area contributed by atoms with Gasteiger partial charge in [0.15, 0.2) is 0 Å². The Labute approximate surface area is 103 Å². The molecule has 1 aromatic carbocycles. The van der Waals surface area contributed by atoms with Crippen molar-refractivity contribution in [1.82, 2.24) is 9.88 Å². The summed E-state index contributed by atoms with van der Waals surface area (Å²) in [7, 11) is 0. The maximum absolute atomic E-state index is 3.58. The molecule has 0 bridgehead atoms. The van der Waals surface area contributed by atoms with Crippen LogP contribution in [0, 0.1) is 0 Å². The first kappa shape index (κ1) is 10.8. The van der Waals surface area contributed by atoms with Gasteiger partial charge in [0, 0.05) is 35.7 Å². The van der Waals surface area contributed by atoms with Crippen LogP contribution >= 0.6 is 0 Å². The van der Waals surface area contributed by atoms with Gasteiger partial charge in [-0.2, -0.15) is 0 Å². The minimum Gasteiger partial charge on any atom is -0.357 e. The number of fused-ring (bicyclic) bond motifs is 3. The number of nitrogens with one attached hydrogen (secondary N) is 1. The molecule has 1 aromatic heterocycles. The number of nitrogens with zero attached hydrogens (tertiary/aromatic N) is 1. The quantitative estimate of drug-likeness (QED) is 0.835. The zero-order chi connectivity index (χ0) is 11.8. The van der Waals surface area contributed by atoms with Gasteiger partial charge in [0.25, 0.3) is 0 Å². The van der Waals surface area contributed by atoms with Crippen LogP contribution in [0.4, 0.5) is 0 Å².